The van der Waals surface area contributed by atoms with Gasteiger partial charge in [0.2, 0.25) is 11.9 Å². The fraction of sp³-hybridized carbons (Fsp3) is 0.211. The second kappa shape index (κ2) is 7.61. The zero-order valence-corrected chi connectivity index (χ0v) is 17.2. The van der Waals surface area contributed by atoms with Crippen molar-refractivity contribution in [3.8, 4) is 0 Å². The third-order valence-corrected chi connectivity index (χ3v) is 5.70. The van der Waals surface area contributed by atoms with Crippen molar-refractivity contribution in [3.05, 3.63) is 52.3 Å². The van der Waals surface area contributed by atoms with Crippen LogP contribution < -0.4 is 10.6 Å². The zero-order valence-electron chi connectivity index (χ0n) is 15.6. The molecular weight excluding hydrogens is 392 g/mol. The van der Waals surface area contributed by atoms with Crippen LogP contribution in [0.15, 0.2) is 29.6 Å². The van der Waals surface area contributed by atoms with Gasteiger partial charge in [-0.2, -0.15) is 0 Å². The minimum absolute atomic E-state index is 0.142. The summed E-state index contributed by atoms with van der Waals surface area (Å²) in [6.07, 6.45) is 0.181. The van der Waals surface area contributed by atoms with E-state index >= 15 is 0 Å². The van der Waals surface area contributed by atoms with Gasteiger partial charge in [-0.25, -0.2) is 19.9 Å². The van der Waals surface area contributed by atoms with Crippen molar-refractivity contribution < 1.29 is 4.79 Å². The number of thiazole rings is 2. The van der Waals surface area contributed by atoms with Crippen LogP contribution in [0.4, 0.5) is 16.2 Å². The Balaban J connectivity index is 1.41. The number of fused-ring (bicyclic) bond motifs is 1. The maximum Gasteiger partial charge on any atom is 0.232 e. The number of carbonyl (C=O) groups is 1. The highest BCUT2D eigenvalue weighted by Gasteiger charge is 2.12. The number of nitrogens with one attached hydrogen (secondary N) is 2. The summed E-state index contributed by atoms with van der Waals surface area (Å²) in [5.74, 6) is 0.365. The quantitative estimate of drug-likeness (QED) is 0.507. The van der Waals surface area contributed by atoms with Gasteiger partial charge in [-0.3, -0.25) is 4.79 Å². The van der Waals surface area contributed by atoms with Crippen LogP contribution in [-0.4, -0.2) is 25.8 Å². The maximum atomic E-state index is 12.4. The predicted molar refractivity (Wildman–Crippen MR) is 114 cm³/mol. The zero-order chi connectivity index (χ0) is 19.7. The predicted octanol–water partition coefficient (Wildman–Crippen LogP) is 4.39. The van der Waals surface area contributed by atoms with Crippen LogP contribution in [0, 0.1) is 20.8 Å². The van der Waals surface area contributed by atoms with E-state index in [1.807, 2.05) is 50.4 Å². The van der Waals surface area contributed by atoms with Crippen molar-refractivity contribution in [2.24, 2.45) is 0 Å². The molecular formula is C19H18N6OS2. The number of anilines is 3. The molecule has 0 unspecified atom stereocenters. The second-order valence-electron chi connectivity index (χ2n) is 6.41. The minimum atomic E-state index is -0.142. The molecule has 0 bridgehead atoms. The fourth-order valence-electron chi connectivity index (χ4n) is 2.79. The monoisotopic (exact) mass is 410 g/mol. The summed E-state index contributed by atoms with van der Waals surface area (Å²) in [5, 5.41) is 9.08. The molecule has 0 saturated heterocycles. The number of aromatic nitrogens is 4. The molecule has 0 radical (unpaired) electrons. The average molecular weight is 411 g/mol. The molecule has 0 spiro atoms. The third-order valence-electron chi connectivity index (χ3n) is 3.96. The summed E-state index contributed by atoms with van der Waals surface area (Å²) in [4.78, 5) is 30.0. The normalized spacial score (nSPS) is 11.0. The molecule has 9 heteroatoms. The summed E-state index contributed by atoms with van der Waals surface area (Å²) < 4.78 is 1.06. The highest BCUT2D eigenvalue weighted by Crippen LogP contribution is 2.28. The summed E-state index contributed by atoms with van der Waals surface area (Å²) in [5.41, 5.74) is 4.48. The van der Waals surface area contributed by atoms with Gasteiger partial charge < -0.3 is 10.6 Å². The molecule has 0 saturated carbocycles. The lowest BCUT2D eigenvalue weighted by molar-refractivity contribution is -0.115. The Labute approximate surface area is 169 Å². The van der Waals surface area contributed by atoms with Crippen molar-refractivity contribution in [1.29, 1.82) is 0 Å². The molecule has 2 N–H and O–H groups in total. The molecule has 3 aromatic heterocycles. The number of hydrogen-bond acceptors (Lipinski definition) is 8. The lowest BCUT2D eigenvalue weighted by Gasteiger charge is -2.03. The van der Waals surface area contributed by atoms with Gasteiger partial charge in [0.1, 0.15) is 0 Å². The van der Waals surface area contributed by atoms with Crippen molar-refractivity contribution in [3.63, 3.8) is 0 Å². The number of hydrogen-bond donors (Lipinski definition) is 2. The molecule has 1 amide bonds. The van der Waals surface area contributed by atoms with Crippen LogP contribution in [0.3, 0.4) is 0 Å². The number of rotatable bonds is 5. The summed E-state index contributed by atoms with van der Waals surface area (Å²) in [6, 6.07) is 7.91. The van der Waals surface area contributed by atoms with Crippen molar-refractivity contribution >= 4 is 55.0 Å². The number of aryl methyl sites for hydroxylation is 3. The first kappa shape index (κ1) is 18.5. The molecule has 1 aromatic carbocycles. The SMILES string of the molecule is Cc1cc(C)nc(Nc2nc(CC(=O)Nc3nc4c(C)cccc4s3)cs2)n1. The van der Waals surface area contributed by atoms with E-state index in [-0.39, 0.29) is 12.3 Å². The molecule has 0 aliphatic carbocycles. The Morgan fingerprint density at radius 1 is 1.04 bits per heavy atom. The molecule has 28 heavy (non-hydrogen) atoms. The Hall–Kier alpha value is -2.91. The van der Waals surface area contributed by atoms with Gasteiger partial charge in [-0.05, 0) is 38.5 Å². The van der Waals surface area contributed by atoms with E-state index in [0.29, 0.717) is 21.9 Å². The molecule has 142 valence electrons. The van der Waals surface area contributed by atoms with Gasteiger partial charge in [-0.1, -0.05) is 23.5 Å². The van der Waals surface area contributed by atoms with Crippen molar-refractivity contribution in [2.45, 2.75) is 27.2 Å². The van der Waals surface area contributed by atoms with Gasteiger partial charge in [0, 0.05) is 16.8 Å². The van der Waals surface area contributed by atoms with E-state index in [1.165, 1.54) is 22.7 Å². The number of amides is 1. The van der Waals surface area contributed by atoms with Crippen LogP contribution in [-0.2, 0) is 11.2 Å². The molecule has 4 rings (SSSR count). The van der Waals surface area contributed by atoms with Gasteiger partial charge in [-0.15, -0.1) is 11.3 Å². The van der Waals surface area contributed by atoms with Gasteiger partial charge >= 0.3 is 0 Å². The number of carbonyl (C=O) groups excluding carboxylic acids is 1. The molecule has 0 aliphatic heterocycles. The Morgan fingerprint density at radius 2 is 1.82 bits per heavy atom. The van der Waals surface area contributed by atoms with Gasteiger partial charge in [0.25, 0.3) is 0 Å². The summed E-state index contributed by atoms with van der Waals surface area (Å²) in [7, 11) is 0. The van der Waals surface area contributed by atoms with E-state index in [9.17, 15) is 4.79 Å². The van der Waals surface area contributed by atoms with E-state index < -0.39 is 0 Å². The smallest absolute Gasteiger partial charge is 0.232 e. The van der Waals surface area contributed by atoms with Crippen LogP contribution >= 0.6 is 22.7 Å². The standard InChI is InChI=1S/C19H18N6OS2/c1-10-5-4-6-14-16(10)24-19(28-14)23-15(26)8-13-9-27-18(22-13)25-17-20-11(2)7-12(3)21-17/h4-7,9H,8H2,1-3H3,(H,23,24,26)(H,20,21,22,25). The summed E-state index contributed by atoms with van der Waals surface area (Å²) in [6.45, 7) is 5.85. The van der Waals surface area contributed by atoms with Crippen molar-refractivity contribution in [1.82, 2.24) is 19.9 Å². The lowest BCUT2D eigenvalue weighted by atomic mass is 10.2. The Bertz CT molecular complexity index is 1150. The average Bonchev–Trinajstić information content (AvgIpc) is 3.21. The Morgan fingerprint density at radius 3 is 2.57 bits per heavy atom. The first-order valence-electron chi connectivity index (χ1n) is 8.66. The van der Waals surface area contributed by atoms with Gasteiger partial charge in [0.15, 0.2) is 10.3 Å². The molecule has 0 atom stereocenters. The Kier molecular flexibility index (Phi) is 5.01. The van der Waals surface area contributed by atoms with Crippen LogP contribution in [0.25, 0.3) is 10.2 Å². The lowest BCUT2D eigenvalue weighted by Crippen LogP contribution is -2.14. The number of nitrogens with zero attached hydrogens (tertiary/aromatic N) is 4. The molecule has 3 heterocycles. The van der Waals surface area contributed by atoms with E-state index in [2.05, 4.69) is 30.6 Å². The second-order valence-corrected chi connectivity index (χ2v) is 8.30. The van der Waals surface area contributed by atoms with Crippen LogP contribution in [0.1, 0.15) is 22.6 Å². The minimum Gasteiger partial charge on any atom is -0.302 e. The largest absolute Gasteiger partial charge is 0.302 e. The first-order valence-corrected chi connectivity index (χ1v) is 10.4. The van der Waals surface area contributed by atoms with E-state index in [4.69, 9.17) is 0 Å². The third kappa shape index (κ3) is 4.15. The van der Waals surface area contributed by atoms with E-state index in [1.54, 1.807) is 0 Å². The maximum absolute atomic E-state index is 12.4. The van der Waals surface area contributed by atoms with E-state index in [0.717, 1.165) is 27.2 Å². The molecule has 7 nitrogen and oxygen atoms in total. The first-order chi connectivity index (χ1) is 13.5. The van der Waals surface area contributed by atoms with Crippen LogP contribution in [0.2, 0.25) is 0 Å². The molecule has 0 aliphatic rings. The van der Waals surface area contributed by atoms with Crippen molar-refractivity contribution in [2.75, 3.05) is 10.6 Å². The fourth-order valence-corrected chi connectivity index (χ4v) is 4.45. The van der Waals surface area contributed by atoms with Gasteiger partial charge in [0.05, 0.1) is 22.3 Å². The molecule has 4 aromatic rings. The highest BCUT2D eigenvalue weighted by atomic mass is 32.1. The topological polar surface area (TPSA) is 92.7 Å². The van der Waals surface area contributed by atoms with Crippen LogP contribution in [0.5, 0.6) is 0 Å². The number of para-hydroxylation sites is 1. The summed E-state index contributed by atoms with van der Waals surface area (Å²) >= 11 is 2.89. The number of benzene rings is 1. The highest BCUT2D eigenvalue weighted by molar-refractivity contribution is 7.22. The molecule has 0 fully saturated rings.